The molecule has 2 fully saturated rings. The van der Waals surface area contributed by atoms with Crippen LogP contribution in [0.4, 0.5) is 0 Å². The highest BCUT2D eigenvalue weighted by Gasteiger charge is 2.28. The van der Waals surface area contributed by atoms with Gasteiger partial charge in [-0.25, -0.2) is 0 Å². The minimum atomic E-state index is 0.521. The number of hydrogen-bond acceptors (Lipinski definition) is 5. The Kier molecular flexibility index (Phi) is 5.38. The summed E-state index contributed by atoms with van der Waals surface area (Å²) >= 11 is 0. The minimum absolute atomic E-state index is 0.521. The molecule has 2 N–H and O–H groups in total. The zero-order valence-electron chi connectivity index (χ0n) is 11.8. The van der Waals surface area contributed by atoms with Gasteiger partial charge in [-0.15, -0.1) is 0 Å². The third-order valence-corrected chi connectivity index (χ3v) is 4.35. The number of rotatable bonds is 4. The standard InChI is InChI=1S/C13H28N4O/c1-12-10-17(13(9-14)11-15(12)2)4-3-16-5-7-18-8-6-16/h12-13H,3-11,14H2,1-2H3. The normalized spacial score (nSPS) is 32.8. The first-order chi connectivity index (χ1) is 8.70. The second-order valence-corrected chi connectivity index (χ2v) is 5.63. The molecule has 2 unspecified atom stereocenters. The number of ether oxygens (including phenoxy) is 1. The lowest BCUT2D eigenvalue weighted by Gasteiger charge is -2.44. The Labute approximate surface area is 111 Å². The molecule has 0 aromatic heterocycles. The van der Waals surface area contributed by atoms with Crippen molar-refractivity contribution in [3.63, 3.8) is 0 Å². The Hall–Kier alpha value is -0.200. The maximum absolute atomic E-state index is 5.91. The summed E-state index contributed by atoms with van der Waals surface area (Å²) in [4.78, 5) is 7.49. The van der Waals surface area contributed by atoms with Crippen molar-refractivity contribution in [1.29, 1.82) is 0 Å². The van der Waals surface area contributed by atoms with Gasteiger partial charge < -0.3 is 15.4 Å². The fourth-order valence-corrected chi connectivity index (χ4v) is 2.85. The molecule has 0 amide bonds. The van der Waals surface area contributed by atoms with Crippen LogP contribution in [0.2, 0.25) is 0 Å². The van der Waals surface area contributed by atoms with E-state index in [1.165, 1.54) is 0 Å². The van der Waals surface area contributed by atoms with Gasteiger partial charge in [0.1, 0.15) is 0 Å². The van der Waals surface area contributed by atoms with Crippen molar-refractivity contribution in [3.05, 3.63) is 0 Å². The van der Waals surface area contributed by atoms with Crippen LogP contribution in [0.3, 0.4) is 0 Å². The molecule has 2 heterocycles. The average Bonchev–Trinajstić information content (AvgIpc) is 2.41. The molecule has 18 heavy (non-hydrogen) atoms. The first-order valence-corrected chi connectivity index (χ1v) is 7.15. The fourth-order valence-electron chi connectivity index (χ4n) is 2.85. The molecule has 2 aliphatic heterocycles. The molecule has 0 saturated carbocycles. The second-order valence-electron chi connectivity index (χ2n) is 5.63. The third-order valence-electron chi connectivity index (χ3n) is 4.35. The van der Waals surface area contributed by atoms with Gasteiger partial charge in [-0.3, -0.25) is 9.80 Å². The number of nitrogens with zero attached hydrogens (tertiary/aromatic N) is 3. The van der Waals surface area contributed by atoms with E-state index in [-0.39, 0.29) is 0 Å². The Bertz CT molecular complexity index is 245. The van der Waals surface area contributed by atoms with Gasteiger partial charge in [-0.2, -0.15) is 0 Å². The summed E-state index contributed by atoms with van der Waals surface area (Å²) in [5, 5.41) is 0. The lowest BCUT2D eigenvalue weighted by Crippen LogP contribution is -2.59. The van der Waals surface area contributed by atoms with Crippen LogP contribution in [0.15, 0.2) is 0 Å². The molecule has 2 aliphatic rings. The van der Waals surface area contributed by atoms with Crippen LogP contribution < -0.4 is 5.73 Å². The van der Waals surface area contributed by atoms with Gasteiger partial charge >= 0.3 is 0 Å². The molecule has 5 nitrogen and oxygen atoms in total. The SMILES string of the molecule is CC1CN(CCN2CCOCC2)C(CN)CN1C. The first kappa shape index (κ1) is 14.2. The Morgan fingerprint density at radius 3 is 2.56 bits per heavy atom. The van der Waals surface area contributed by atoms with Gasteiger partial charge in [0, 0.05) is 57.9 Å². The van der Waals surface area contributed by atoms with Crippen molar-refractivity contribution in [1.82, 2.24) is 14.7 Å². The molecule has 0 aromatic rings. The topological polar surface area (TPSA) is 45.0 Å². The Balaban J connectivity index is 1.78. The summed E-state index contributed by atoms with van der Waals surface area (Å²) < 4.78 is 5.38. The van der Waals surface area contributed by atoms with Crippen molar-refractivity contribution in [2.75, 3.05) is 66.1 Å². The average molecular weight is 256 g/mol. The number of morpholine rings is 1. The summed E-state index contributed by atoms with van der Waals surface area (Å²) in [6.45, 7) is 11.5. The maximum atomic E-state index is 5.91. The van der Waals surface area contributed by atoms with E-state index in [0.29, 0.717) is 12.1 Å². The quantitative estimate of drug-likeness (QED) is 0.719. The van der Waals surface area contributed by atoms with E-state index in [1.807, 2.05) is 0 Å². The van der Waals surface area contributed by atoms with E-state index in [9.17, 15) is 0 Å². The van der Waals surface area contributed by atoms with Crippen molar-refractivity contribution < 1.29 is 4.74 Å². The molecule has 5 heteroatoms. The summed E-state index contributed by atoms with van der Waals surface area (Å²) in [6.07, 6.45) is 0. The van der Waals surface area contributed by atoms with E-state index in [4.69, 9.17) is 10.5 Å². The minimum Gasteiger partial charge on any atom is -0.379 e. The van der Waals surface area contributed by atoms with E-state index in [2.05, 4.69) is 28.7 Å². The maximum Gasteiger partial charge on any atom is 0.0594 e. The monoisotopic (exact) mass is 256 g/mol. The second kappa shape index (κ2) is 6.82. The summed E-state index contributed by atoms with van der Waals surface area (Å²) in [5.74, 6) is 0. The van der Waals surface area contributed by atoms with Crippen LogP contribution in [-0.2, 0) is 4.74 Å². The van der Waals surface area contributed by atoms with Crippen LogP contribution in [-0.4, -0.2) is 92.9 Å². The number of likely N-dealkylation sites (N-methyl/N-ethyl adjacent to an activating group) is 1. The highest BCUT2D eigenvalue weighted by molar-refractivity contribution is 4.86. The fraction of sp³-hybridized carbons (Fsp3) is 1.00. The smallest absolute Gasteiger partial charge is 0.0594 e. The first-order valence-electron chi connectivity index (χ1n) is 7.15. The molecular weight excluding hydrogens is 228 g/mol. The van der Waals surface area contributed by atoms with Gasteiger partial charge in [-0.1, -0.05) is 0 Å². The largest absolute Gasteiger partial charge is 0.379 e. The van der Waals surface area contributed by atoms with Crippen LogP contribution in [0.25, 0.3) is 0 Å². The third kappa shape index (κ3) is 3.65. The molecule has 2 atom stereocenters. The van der Waals surface area contributed by atoms with E-state index in [1.54, 1.807) is 0 Å². The lowest BCUT2D eigenvalue weighted by molar-refractivity contribution is 0.0161. The van der Waals surface area contributed by atoms with Crippen LogP contribution in [0.5, 0.6) is 0 Å². The Morgan fingerprint density at radius 1 is 1.17 bits per heavy atom. The summed E-state index contributed by atoms with van der Waals surface area (Å²) in [5.41, 5.74) is 5.91. The molecule has 2 saturated heterocycles. The zero-order valence-corrected chi connectivity index (χ0v) is 11.8. The molecule has 0 radical (unpaired) electrons. The van der Waals surface area contributed by atoms with E-state index >= 15 is 0 Å². The lowest BCUT2D eigenvalue weighted by atomic mass is 10.1. The number of hydrogen-bond donors (Lipinski definition) is 1. The highest BCUT2D eigenvalue weighted by atomic mass is 16.5. The van der Waals surface area contributed by atoms with E-state index < -0.39 is 0 Å². The van der Waals surface area contributed by atoms with Crippen molar-refractivity contribution in [3.8, 4) is 0 Å². The summed E-state index contributed by atoms with van der Waals surface area (Å²) in [6, 6.07) is 1.16. The van der Waals surface area contributed by atoms with Crippen molar-refractivity contribution in [2.45, 2.75) is 19.0 Å². The predicted octanol–water partition coefficient (Wildman–Crippen LogP) is -0.718. The van der Waals surface area contributed by atoms with Crippen LogP contribution in [0.1, 0.15) is 6.92 Å². The molecule has 0 aromatic carbocycles. The molecule has 0 aliphatic carbocycles. The highest BCUT2D eigenvalue weighted by Crippen LogP contribution is 2.13. The van der Waals surface area contributed by atoms with E-state index in [0.717, 1.165) is 59.0 Å². The van der Waals surface area contributed by atoms with Gasteiger partial charge in [0.25, 0.3) is 0 Å². The number of nitrogens with two attached hydrogens (primary N) is 1. The Morgan fingerprint density at radius 2 is 1.89 bits per heavy atom. The van der Waals surface area contributed by atoms with Gasteiger partial charge in [-0.05, 0) is 14.0 Å². The van der Waals surface area contributed by atoms with Gasteiger partial charge in [0.05, 0.1) is 13.2 Å². The molecule has 0 spiro atoms. The predicted molar refractivity (Wildman–Crippen MR) is 73.8 cm³/mol. The zero-order chi connectivity index (χ0) is 13.0. The molecule has 106 valence electrons. The van der Waals surface area contributed by atoms with Crippen LogP contribution in [0, 0.1) is 0 Å². The molecular formula is C13H28N4O. The van der Waals surface area contributed by atoms with Crippen molar-refractivity contribution in [2.24, 2.45) is 5.73 Å². The molecule has 2 rings (SSSR count). The van der Waals surface area contributed by atoms with Gasteiger partial charge in [0.2, 0.25) is 0 Å². The number of piperazine rings is 1. The molecule has 0 bridgehead atoms. The summed E-state index contributed by atoms with van der Waals surface area (Å²) in [7, 11) is 2.20. The van der Waals surface area contributed by atoms with Gasteiger partial charge in [0.15, 0.2) is 0 Å². The van der Waals surface area contributed by atoms with Crippen LogP contribution >= 0.6 is 0 Å². The van der Waals surface area contributed by atoms with Crippen molar-refractivity contribution >= 4 is 0 Å².